The molecule has 0 aromatic heterocycles. The molecule has 0 amide bonds. The van der Waals surface area contributed by atoms with Gasteiger partial charge in [-0.25, -0.2) is 0 Å². The topological polar surface area (TPSA) is 20.2 Å². The molecule has 0 heterocycles. The zero-order valence-corrected chi connectivity index (χ0v) is 13.0. The van der Waals surface area contributed by atoms with Crippen LogP contribution in [0.15, 0.2) is 36.4 Å². The summed E-state index contributed by atoms with van der Waals surface area (Å²) >= 11 is 6.06. The molecule has 2 rings (SSSR count). The van der Waals surface area contributed by atoms with Crippen molar-refractivity contribution in [3.05, 3.63) is 69.2 Å². The molecule has 20 heavy (non-hydrogen) atoms. The van der Waals surface area contributed by atoms with Crippen LogP contribution in [0.5, 0.6) is 0 Å². The molecule has 0 aliphatic rings. The molecule has 0 spiro atoms. The normalized spacial score (nSPS) is 12.4. The lowest BCUT2D eigenvalue weighted by Gasteiger charge is -2.17. The maximum Gasteiger partial charge on any atom is 0.104 e. The van der Waals surface area contributed by atoms with Gasteiger partial charge in [0.15, 0.2) is 0 Å². The van der Waals surface area contributed by atoms with Crippen molar-refractivity contribution in [1.29, 1.82) is 0 Å². The third-order valence-corrected chi connectivity index (χ3v) is 4.22. The molecule has 106 valence electrons. The number of hydrogen-bond acceptors (Lipinski definition) is 1. The minimum Gasteiger partial charge on any atom is -0.384 e. The van der Waals surface area contributed by atoms with E-state index in [1.165, 1.54) is 11.1 Å². The van der Waals surface area contributed by atoms with Crippen molar-refractivity contribution in [3.8, 4) is 0 Å². The molecule has 0 bridgehead atoms. The Morgan fingerprint density at radius 2 is 1.80 bits per heavy atom. The van der Waals surface area contributed by atoms with Crippen molar-refractivity contribution in [2.75, 3.05) is 0 Å². The van der Waals surface area contributed by atoms with Gasteiger partial charge in [0, 0.05) is 5.02 Å². The summed E-state index contributed by atoms with van der Waals surface area (Å²) in [6.45, 7) is 6.20. The molecule has 1 unspecified atom stereocenters. The predicted molar refractivity (Wildman–Crippen MR) is 85.4 cm³/mol. The summed E-state index contributed by atoms with van der Waals surface area (Å²) in [5.74, 6) is 0. The second-order valence-corrected chi connectivity index (χ2v) is 5.56. The number of aryl methyl sites for hydroxylation is 3. The average Bonchev–Trinajstić information content (AvgIpc) is 2.48. The van der Waals surface area contributed by atoms with Gasteiger partial charge in [-0.05, 0) is 53.6 Å². The van der Waals surface area contributed by atoms with E-state index in [4.69, 9.17) is 11.6 Å². The first-order chi connectivity index (χ1) is 9.56. The highest BCUT2D eigenvalue weighted by Gasteiger charge is 2.15. The van der Waals surface area contributed by atoms with Crippen molar-refractivity contribution in [2.24, 2.45) is 0 Å². The average molecular weight is 289 g/mol. The third-order valence-electron chi connectivity index (χ3n) is 3.79. The molecular weight excluding hydrogens is 268 g/mol. The first-order valence-electron chi connectivity index (χ1n) is 7.12. The van der Waals surface area contributed by atoms with Crippen LogP contribution in [0.3, 0.4) is 0 Å². The second-order valence-electron chi connectivity index (χ2n) is 5.15. The highest BCUT2D eigenvalue weighted by atomic mass is 35.5. The molecule has 2 aromatic carbocycles. The Morgan fingerprint density at radius 3 is 2.40 bits per heavy atom. The molecule has 0 radical (unpaired) electrons. The van der Waals surface area contributed by atoms with Crippen LogP contribution in [0, 0.1) is 6.92 Å². The van der Waals surface area contributed by atoms with Gasteiger partial charge in [0.1, 0.15) is 6.10 Å². The van der Waals surface area contributed by atoms with E-state index in [2.05, 4.69) is 32.0 Å². The van der Waals surface area contributed by atoms with Crippen molar-refractivity contribution >= 4 is 11.6 Å². The highest BCUT2D eigenvalue weighted by Crippen LogP contribution is 2.29. The summed E-state index contributed by atoms with van der Waals surface area (Å²) in [5, 5.41) is 11.4. The molecule has 0 fully saturated rings. The Morgan fingerprint density at radius 1 is 1.05 bits per heavy atom. The number of hydrogen-bond donors (Lipinski definition) is 1. The van der Waals surface area contributed by atoms with Crippen LogP contribution in [-0.4, -0.2) is 5.11 Å². The standard InChI is InChI=1S/C18H21ClO/c1-4-13-6-7-14(5-2)16(11-13)18(20)15-8-9-17(19)12(3)10-15/h6-11,18,20H,4-5H2,1-3H3. The fraction of sp³-hybridized carbons (Fsp3) is 0.333. The zero-order valence-electron chi connectivity index (χ0n) is 12.3. The van der Waals surface area contributed by atoms with E-state index in [9.17, 15) is 5.11 Å². The van der Waals surface area contributed by atoms with Gasteiger partial charge in [-0.15, -0.1) is 0 Å². The van der Waals surface area contributed by atoms with Gasteiger partial charge in [-0.2, -0.15) is 0 Å². The summed E-state index contributed by atoms with van der Waals surface area (Å²) in [7, 11) is 0. The Hall–Kier alpha value is -1.31. The Bertz CT molecular complexity index is 604. The Labute approximate surface area is 126 Å². The maximum absolute atomic E-state index is 10.7. The SMILES string of the molecule is CCc1ccc(CC)c(C(O)c2ccc(Cl)c(C)c2)c1. The number of rotatable bonds is 4. The minimum absolute atomic E-state index is 0.590. The fourth-order valence-corrected chi connectivity index (χ4v) is 2.58. The first kappa shape index (κ1) is 15.1. The lowest BCUT2D eigenvalue weighted by Crippen LogP contribution is -2.05. The van der Waals surface area contributed by atoms with E-state index < -0.39 is 6.10 Å². The lowest BCUT2D eigenvalue weighted by molar-refractivity contribution is 0.219. The van der Waals surface area contributed by atoms with Crippen molar-refractivity contribution < 1.29 is 5.11 Å². The van der Waals surface area contributed by atoms with Crippen LogP contribution in [0.2, 0.25) is 5.02 Å². The van der Waals surface area contributed by atoms with Crippen LogP contribution in [0.1, 0.15) is 47.8 Å². The van der Waals surface area contributed by atoms with E-state index in [0.717, 1.165) is 34.6 Å². The number of benzene rings is 2. The van der Waals surface area contributed by atoms with E-state index in [1.54, 1.807) is 0 Å². The maximum atomic E-state index is 10.7. The molecule has 1 N–H and O–H groups in total. The fourth-order valence-electron chi connectivity index (χ4n) is 2.46. The third kappa shape index (κ3) is 3.05. The number of aliphatic hydroxyl groups is 1. The van der Waals surface area contributed by atoms with Crippen molar-refractivity contribution in [3.63, 3.8) is 0 Å². The van der Waals surface area contributed by atoms with Crippen LogP contribution in [0.4, 0.5) is 0 Å². The summed E-state index contributed by atoms with van der Waals surface area (Å²) in [6.07, 6.45) is 1.30. The molecule has 1 atom stereocenters. The van der Waals surface area contributed by atoms with E-state index in [1.807, 2.05) is 25.1 Å². The molecule has 2 heteroatoms. The van der Waals surface area contributed by atoms with Gasteiger partial charge in [0.25, 0.3) is 0 Å². The molecule has 1 nitrogen and oxygen atoms in total. The summed E-state index contributed by atoms with van der Waals surface area (Å²) in [6, 6.07) is 12.1. The van der Waals surface area contributed by atoms with Gasteiger partial charge in [-0.3, -0.25) is 0 Å². The van der Waals surface area contributed by atoms with Gasteiger partial charge in [0.2, 0.25) is 0 Å². The Balaban J connectivity index is 2.45. The van der Waals surface area contributed by atoms with Crippen LogP contribution in [-0.2, 0) is 12.8 Å². The molecule has 2 aromatic rings. The monoisotopic (exact) mass is 288 g/mol. The molecule has 0 aliphatic carbocycles. The minimum atomic E-state index is -0.590. The molecule has 0 saturated heterocycles. The molecule has 0 saturated carbocycles. The van der Waals surface area contributed by atoms with Gasteiger partial charge in [-0.1, -0.05) is 55.8 Å². The van der Waals surface area contributed by atoms with E-state index in [-0.39, 0.29) is 0 Å². The van der Waals surface area contributed by atoms with Crippen LogP contribution >= 0.6 is 11.6 Å². The van der Waals surface area contributed by atoms with Gasteiger partial charge >= 0.3 is 0 Å². The van der Waals surface area contributed by atoms with Crippen molar-refractivity contribution in [1.82, 2.24) is 0 Å². The number of halogens is 1. The lowest BCUT2D eigenvalue weighted by atomic mass is 9.92. The molecular formula is C18H21ClO. The Kier molecular flexibility index (Phi) is 4.85. The summed E-state index contributed by atoms with van der Waals surface area (Å²) in [4.78, 5) is 0. The number of aliphatic hydroxyl groups excluding tert-OH is 1. The van der Waals surface area contributed by atoms with E-state index >= 15 is 0 Å². The van der Waals surface area contributed by atoms with Gasteiger partial charge in [0.05, 0.1) is 0 Å². The largest absolute Gasteiger partial charge is 0.384 e. The van der Waals surface area contributed by atoms with Crippen molar-refractivity contribution in [2.45, 2.75) is 39.7 Å². The summed E-state index contributed by atoms with van der Waals surface area (Å²) < 4.78 is 0. The van der Waals surface area contributed by atoms with Gasteiger partial charge < -0.3 is 5.11 Å². The smallest absolute Gasteiger partial charge is 0.104 e. The first-order valence-corrected chi connectivity index (χ1v) is 7.50. The highest BCUT2D eigenvalue weighted by molar-refractivity contribution is 6.31. The zero-order chi connectivity index (χ0) is 14.7. The van der Waals surface area contributed by atoms with E-state index in [0.29, 0.717) is 0 Å². The molecule has 0 aliphatic heterocycles. The second kappa shape index (κ2) is 6.43. The van der Waals surface area contributed by atoms with Crippen LogP contribution < -0.4 is 0 Å². The quantitative estimate of drug-likeness (QED) is 0.852. The summed E-state index contributed by atoms with van der Waals surface area (Å²) in [5.41, 5.74) is 5.35. The van der Waals surface area contributed by atoms with Crippen LogP contribution in [0.25, 0.3) is 0 Å². The predicted octanol–water partition coefficient (Wildman–Crippen LogP) is 4.85.